The fourth-order valence-electron chi connectivity index (χ4n) is 2.72. The van der Waals surface area contributed by atoms with E-state index in [0.29, 0.717) is 12.2 Å². The van der Waals surface area contributed by atoms with Gasteiger partial charge in [0.1, 0.15) is 0 Å². The van der Waals surface area contributed by atoms with Crippen LogP contribution in [-0.2, 0) is 4.74 Å². The number of nitrogens with zero attached hydrogens (tertiary/aromatic N) is 1. The molecule has 0 radical (unpaired) electrons. The minimum Gasteiger partial charge on any atom is -0.462 e. The molecule has 0 fully saturated rings. The van der Waals surface area contributed by atoms with Crippen LogP contribution in [0.15, 0.2) is 77.3 Å². The highest BCUT2D eigenvalue weighted by atomic mass is 79.9. The molecule has 26 heavy (non-hydrogen) atoms. The number of hydrogen-bond acceptors (Lipinski definition) is 3. The lowest BCUT2D eigenvalue weighted by Gasteiger charge is -2.26. The molecule has 0 heterocycles. The number of ether oxygens (including phenoxy) is 1. The molecule has 132 valence electrons. The molecular weight excluding hydrogens is 390 g/mol. The van der Waals surface area contributed by atoms with E-state index in [2.05, 4.69) is 52.0 Å². The number of rotatable bonds is 5. The predicted molar refractivity (Wildman–Crippen MR) is 110 cm³/mol. The zero-order valence-corrected chi connectivity index (χ0v) is 16.4. The van der Waals surface area contributed by atoms with E-state index in [1.807, 2.05) is 49.4 Å². The van der Waals surface area contributed by atoms with E-state index in [4.69, 9.17) is 4.74 Å². The number of carbonyl (C=O) groups is 1. The van der Waals surface area contributed by atoms with Gasteiger partial charge in [-0.05, 0) is 68.4 Å². The van der Waals surface area contributed by atoms with Crippen molar-refractivity contribution in [2.75, 3.05) is 11.5 Å². The lowest BCUT2D eigenvalue weighted by Crippen LogP contribution is -2.11. The Morgan fingerprint density at radius 1 is 0.923 bits per heavy atom. The molecule has 0 amide bonds. The average Bonchev–Trinajstić information content (AvgIpc) is 2.65. The van der Waals surface area contributed by atoms with E-state index in [-0.39, 0.29) is 5.97 Å². The Morgan fingerprint density at radius 3 is 2.15 bits per heavy atom. The standard InChI is InChI=1S/C22H20BrNO2/c1-3-26-22(25)17-5-4-6-21(15-17)24(19-11-7-16(2)8-12-19)20-13-9-18(23)10-14-20/h4-15H,3H2,1-2H3. The number of hydrogen-bond donors (Lipinski definition) is 0. The van der Waals surface area contributed by atoms with Crippen LogP contribution in [0.4, 0.5) is 17.1 Å². The van der Waals surface area contributed by atoms with Crippen LogP contribution >= 0.6 is 15.9 Å². The van der Waals surface area contributed by atoms with Gasteiger partial charge in [0.05, 0.1) is 12.2 Å². The van der Waals surface area contributed by atoms with Gasteiger partial charge in [0.15, 0.2) is 0 Å². The van der Waals surface area contributed by atoms with Crippen LogP contribution in [0.3, 0.4) is 0 Å². The summed E-state index contributed by atoms with van der Waals surface area (Å²) >= 11 is 3.48. The molecule has 0 aliphatic carbocycles. The molecule has 0 bridgehead atoms. The number of carbonyl (C=O) groups excluding carboxylic acids is 1. The largest absolute Gasteiger partial charge is 0.462 e. The van der Waals surface area contributed by atoms with Crippen molar-refractivity contribution in [3.63, 3.8) is 0 Å². The summed E-state index contributed by atoms with van der Waals surface area (Å²) in [6.45, 7) is 4.23. The number of halogens is 1. The molecule has 0 spiro atoms. The molecule has 0 N–H and O–H groups in total. The van der Waals surface area contributed by atoms with Crippen LogP contribution in [0.5, 0.6) is 0 Å². The Hall–Kier alpha value is -2.59. The maximum absolute atomic E-state index is 12.1. The molecular formula is C22H20BrNO2. The Balaban J connectivity index is 2.08. The van der Waals surface area contributed by atoms with Gasteiger partial charge < -0.3 is 9.64 Å². The lowest BCUT2D eigenvalue weighted by molar-refractivity contribution is 0.0526. The predicted octanol–water partition coefficient (Wildman–Crippen LogP) is 6.40. The van der Waals surface area contributed by atoms with Gasteiger partial charge in [0.2, 0.25) is 0 Å². The van der Waals surface area contributed by atoms with Gasteiger partial charge in [-0.15, -0.1) is 0 Å². The van der Waals surface area contributed by atoms with Gasteiger partial charge in [-0.25, -0.2) is 4.79 Å². The first-order valence-corrected chi connectivity index (χ1v) is 9.27. The smallest absolute Gasteiger partial charge is 0.338 e. The summed E-state index contributed by atoms with van der Waals surface area (Å²) in [6.07, 6.45) is 0. The monoisotopic (exact) mass is 409 g/mol. The van der Waals surface area contributed by atoms with E-state index in [1.165, 1.54) is 5.56 Å². The molecule has 0 aromatic heterocycles. The fourth-order valence-corrected chi connectivity index (χ4v) is 2.98. The Morgan fingerprint density at radius 2 is 1.54 bits per heavy atom. The van der Waals surface area contributed by atoms with E-state index in [0.717, 1.165) is 21.5 Å². The second-order valence-electron chi connectivity index (χ2n) is 5.92. The first kappa shape index (κ1) is 18.2. The number of benzene rings is 3. The summed E-state index contributed by atoms with van der Waals surface area (Å²) in [5.74, 6) is -0.311. The molecule has 0 aliphatic rings. The Kier molecular flexibility index (Phi) is 5.74. The molecule has 3 aromatic rings. The molecule has 0 unspecified atom stereocenters. The first-order valence-electron chi connectivity index (χ1n) is 8.48. The van der Waals surface area contributed by atoms with E-state index in [1.54, 1.807) is 6.07 Å². The van der Waals surface area contributed by atoms with Crippen molar-refractivity contribution in [3.8, 4) is 0 Å². The van der Waals surface area contributed by atoms with Crippen LogP contribution in [0.1, 0.15) is 22.8 Å². The summed E-state index contributed by atoms with van der Waals surface area (Å²) in [5.41, 5.74) is 4.68. The SMILES string of the molecule is CCOC(=O)c1cccc(N(c2ccc(C)cc2)c2ccc(Br)cc2)c1. The number of esters is 1. The molecule has 3 rings (SSSR count). The van der Waals surface area contributed by atoms with Crippen molar-refractivity contribution >= 4 is 39.0 Å². The number of anilines is 3. The van der Waals surface area contributed by atoms with Gasteiger partial charge >= 0.3 is 5.97 Å². The van der Waals surface area contributed by atoms with Crippen LogP contribution < -0.4 is 4.90 Å². The second kappa shape index (κ2) is 8.19. The van der Waals surface area contributed by atoms with Crippen molar-refractivity contribution < 1.29 is 9.53 Å². The van der Waals surface area contributed by atoms with Gasteiger partial charge in [-0.3, -0.25) is 0 Å². The normalized spacial score (nSPS) is 10.4. The zero-order valence-electron chi connectivity index (χ0n) is 14.8. The highest BCUT2D eigenvalue weighted by molar-refractivity contribution is 9.10. The fraction of sp³-hybridized carbons (Fsp3) is 0.136. The van der Waals surface area contributed by atoms with Crippen LogP contribution in [-0.4, -0.2) is 12.6 Å². The molecule has 0 saturated carbocycles. The molecule has 3 nitrogen and oxygen atoms in total. The van der Waals surface area contributed by atoms with Crippen LogP contribution in [0, 0.1) is 6.92 Å². The minimum atomic E-state index is -0.311. The third-order valence-electron chi connectivity index (χ3n) is 3.99. The average molecular weight is 410 g/mol. The van der Waals surface area contributed by atoms with Crippen molar-refractivity contribution in [2.45, 2.75) is 13.8 Å². The highest BCUT2D eigenvalue weighted by Gasteiger charge is 2.15. The van der Waals surface area contributed by atoms with Gasteiger partial charge in [-0.1, -0.05) is 39.7 Å². The topological polar surface area (TPSA) is 29.5 Å². The van der Waals surface area contributed by atoms with Crippen LogP contribution in [0.2, 0.25) is 0 Å². The summed E-state index contributed by atoms with van der Waals surface area (Å²) < 4.78 is 6.16. The van der Waals surface area contributed by atoms with Crippen LogP contribution in [0.25, 0.3) is 0 Å². The third-order valence-corrected chi connectivity index (χ3v) is 4.52. The van der Waals surface area contributed by atoms with Gasteiger partial charge in [0, 0.05) is 21.5 Å². The molecule has 0 aliphatic heterocycles. The first-order chi connectivity index (χ1) is 12.6. The zero-order chi connectivity index (χ0) is 18.5. The summed E-state index contributed by atoms with van der Waals surface area (Å²) in [4.78, 5) is 14.3. The minimum absolute atomic E-state index is 0.311. The summed E-state index contributed by atoms with van der Waals surface area (Å²) in [6, 6.07) is 23.9. The van der Waals surface area contributed by atoms with Gasteiger partial charge in [0.25, 0.3) is 0 Å². The Labute approximate surface area is 162 Å². The highest BCUT2D eigenvalue weighted by Crippen LogP contribution is 2.35. The van der Waals surface area contributed by atoms with Crippen molar-refractivity contribution in [2.24, 2.45) is 0 Å². The van der Waals surface area contributed by atoms with E-state index in [9.17, 15) is 4.79 Å². The second-order valence-corrected chi connectivity index (χ2v) is 6.83. The summed E-state index contributed by atoms with van der Waals surface area (Å²) in [7, 11) is 0. The molecule has 4 heteroatoms. The number of aryl methyl sites for hydroxylation is 1. The van der Waals surface area contributed by atoms with Crippen molar-refractivity contribution in [1.82, 2.24) is 0 Å². The van der Waals surface area contributed by atoms with Gasteiger partial charge in [-0.2, -0.15) is 0 Å². The van der Waals surface area contributed by atoms with Crippen molar-refractivity contribution in [3.05, 3.63) is 88.4 Å². The molecule has 3 aromatic carbocycles. The van der Waals surface area contributed by atoms with E-state index >= 15 is 0 Å². The van der Waals surface area contributed by atoms with E-state index < -0.39 is 0 Å². The maximum atomic E-state index is 12.1. The summed E-state index contributed by atoms with van der Waals surface area (Å²) in [5, 5.41) is 0. The molecule has 0 saturated heterocycles. The molecule has 0 atom stereocenters. The lowest BCUT2D eigenvalue weighted by atomic mass is 10.1. The quantitative estimate of drug-likeness (QED) is 0.456. The third kappa shape index (κ3) is 4.14. The maximum Gasteiger partial charge on any atom is 0.338 e. The van der Waals surface area contributed by atoms with Crippen molar-refractivity contribution in [1.29, 1.82) is 0 Å². The Bertz CT molecular complexity index is 843.